The Hall–Kier alpha value is -3.28. The number of carbonyl (C=O) groups is 1. The minimum absolute atomic E-state index is 0.0758. The van der Waals surface area contributed by atoms with Crippen LogP contribution in [0.2, 0.25) is 0 Å². The van der Waals surface area contributed by atoms with Gasteiger partial charge in [-0.05, 0) is 43.1 Å². The summed E-state index contributed by atoms with van der Waals surface area (Å²) in [7, 11) is 2.00. The number of hydrogen-bond donors (Lipinski definition) is 4. The molecule has 4 rings (SSSR count). The van der Waals surface area contributed by atoms with Crippen molar-refractivity contribution in [2.24, 2.45) is 0 Å². The summed E-state index contributed by atoms with van der Waals surface area (Å²) in [6.07, 6.45) is 3.93. The summed E-state index contributed by atoms with van der Waals surface area (Å²) < 4.78 is 7.50. The average molecular weight is 497 g/mol. The number of amides is 2. The number of urea groups is 1. The van der Waals surface area contributed by atoms with Crippen LogP contribution in [0.15, 0.2) is 36.9 Å². The van der Waals surface area contributed by atoms with Gasteiger partial charge in [0.05, 0.1) is 19.0 Å². The topological polar surface area (TPSA) is 143 Å². The zero-order valence-electron chi connectivity index (χ0n) is 21.4. The number of hydrogen-bond acceptors (Lipinski definition) is 8. The van der Waals surface area contributed by atoms with Crippen molar-refractivity contribution < 1.29 is 14.6 Å². The Balaban J connectivity index is 1.18. The number of anilines is 2. The van der Waals surface area contributed by atoms with Gasteiger partial charge in [0.1, 0.15) is 11.8 Å². The lowest BCUT2D eigenvalue weighted by atomic mass is 9.87. The minimum Gasteiger partial charge on any atom is -0.382 e. The van der Waals surface area contributed by atoms with Gasteiger partial charge < -0.3 is 31.1 Å². The van der Waals surface area contributed by atoms with E-state index < -0.39 is 5.72 Å². The number of aliphatic hydroxyl groups is 1. The van der Waals surface area contributed by atoms with Crippen LogP contribution in [0.4, 0.5) is 16.3 Å². The molecule has 36 heavy (non-hydrogen) atoms. The number of nitrogens with two attached hydrogens (primary N) is 1. The molecule has 3 aromatic rings. The molecule has 1 aromatic carbocycles. The smallest absolute Gasteiger partial charge is 0.319 e. The number of aromatic nitrogens is 4. The molecule has 11 nitrogen and oxygen atoms in total. The number of likely N-dealkylation sites (N-methyl/N-ethyl adjacent to an activating group) is 1. The highest BCUT2D eigenvalue weighted by atomic mass is 16.5. The first-order chi connectivity index (χ1) is 17.0. The van der Waals surface area contributed by atoms with E-state index in [1.807, 2.05) is 31.3 Å². The van der Waals surface area contributed by atoms with E-state index in [1.54, 1.807) is 4.57 Å². The van der Waals surface area contributed by atoms with Crippen molar-refractivity contribution in [2.75, 3.05) is 44.3 Å². The zero-order valence-corrected chi connectivity index (χ0v) is 21.4. The molecular weight excluding hydrogens is 460 g/mol. The van der Waals surface area contributed by atoms with Crippen LogP contribution in [-0.4, -0.2) is 74.9 Å². The van der Waals surface area contributed by atoms with Crippen LogP contribution in [0.5, 0.6) is 0 Å². The third-order valence-corrected chi connectivity index (χ3v) is 6.44. The maximum absolute atomic E-state index is 12.2. The quantitative estimate of drug-likeness (QED) is 0.348. The summed E-state index contributed by atoms with van der Waals surface area (Å²) in [5.74, 6) is 0.276. The SMILES string of the molecule is CN(CCCNC(=O)Nc1ccc(C(C)(C)C)cc1)CC1CC(O)(n2cnc3c(N)ncnc32)CO1. The third kappa shape index (κ3) is 5.92. The Kier molecular flexibility index (Phi) is 7.43. The van der Waals surface area contributed by atoms with E-state index in [9.17, 15) is 9.90 Å². The summed E-state index contributed by atoms with van der Waals surface area (Å²) in [6.45, 7) is 8.59. The summed E-state index contributed by atoms with van der Waals surface area (Å²) in [4.78, 5) is 26.8. The van der Waals surface area contributed by atoms with Gasteiger partial charge in [-0.1, -0.05) is 32.9 Å². The highest BCUT2D eigenvalue weighted by Gasteiger charge is 2.41. The minimum atomic E-state index is -1.24. The van der Waals surface area contributed by atoms with Crippen molar-refractivity contribution in [3.05, 3.63) is 42.5 Å². The van der Waals surface area contributed by atoms with Crippen LogP contribution in [-0.2, 0) is 15.9 Å². The molecule has 0 radical (unpaired) electrons. The number of rotatable bonds is 8. The van der Waals surface area contributed by atoms with Gasteiger partial charge in [-0.3, -0.25) is 4.57 Å². The Labute approximate surface area is 211 Å². The predicted molar refractivity (Wildman–Crippen MR) is 139 cm³/mol. The molecule has 1 saturated heterocycles. The zero-order chi connectivity index (χ0) is 25.9. The summed E-state index contributed by atoms with van der Waals surface area (Å²) in [5.41, 5.74) is 7.63. The molecule has 11 heteroatoms. The largest absolute Gasteiger partial charge is 0.382 e. The molecule has 2 unspecified atom stereocenters. The van der Waals surface area contributed by atoms with Gasteiger partial charge in [0.15, 0.2) is 17.2 Å². The number of ether oxygens (including phenoxy) is 1. The van der Waals surface area contributed by atoms with E-state index in [1.165, 1.54) is 18.2 Å². The molecule has 0 aliphatic carbocycles. The molecular formula is C25H36N8O3. The maximum atomic E-state index is 12.2. The van der Waals surface area contributed by atoms with E-state index in [-0.39, 0.29) is 30.0 Å². The Bertz CT molecular complexity index is 1190. The van der Waals surface area contributed by atoms with Gasteiger partial charge in [-0.25, -0.2) is 19.7 Å². The fourth-order valence-corrected chi connectivity index (χ4v) is 4.40. The van der Waals surface area contributed by atoms with Crippen LogP contribution in [0.25, 0.3) is 11.2 Å². The third-order valence-electron chi connectivity index (χ3n) is 6.44. The lowest BCUT2D eigenvalue weighted by Gasteiger charge is -2.24. The second-order valence-corrected chi connectivity index (χ2v) is 10.5. The Morgan fingerprint density at radius 2 is 2.03 bits per heavy atom. The molecule has 1 aliphatic heterocycles. The highest BCUT2D eigenvalue weighted by Crippen LogP contribution is 2.32. The number of imidazole rings is 1. The van der Waals surface area contributed by atoms with Crippen molar-refractivity contribution in [1.82, 2.24) is 29.7 Å². The normalized spacial score (nSPS) is 20.2. The van der Waals surface area contributed by atoms with Crippen molar-refractivity contribution in [2.45, 2.75) is 50.9 Å². The molecule has 1 fully saturated rings. The fourth-order valence-electron chi connectivity index (χ4n) is 4.40. The second-order valence-electron chi connectivity index (χ2n) is 10.5. The molecule has 194 valence electrons. The van der Waals surface area contributed by atoms with E-state index in [2.05, 4.69) is 51.3 Å². The van der Waals surface area contributed by atoms with Gasteiger partial charge >= 0.3 is 6.03 Å². The Morgan fingerprint density at radius 3 is 2.75 bits per heavy atom. The van der Waals surface area contributed by atoms with Crippen LogP contribution in [0.3, 0.4) is 0 Å². The highest BCUT2D eigenvalue weighted by molar-refractivity contribution is 5.89. The molecule has 2 amide bonds. The molecule has 2 atom stereocenters. The van der Waals surface area contributed by atoms with Crippen LogP contribution >= 0.6 is 0 Å². The molecule has 1 aliphatic rings. The van der Waals surface area contributed by atoms with E-state index in [0.717, 1.165) is 18.7 Å². The fraction of sp³-hybridized carbons (Fsp3) is 0.520. The van der Waals surface area contributed by atoms with Crippen LogP contribution in [0.1, 0.15) is 39.2 Å². The first-order valence-corrected chi connectivity index (χ1v) is 12.2. The lowest BCUT2D eigenvalue weighted by molar-refractivity contribution is -0.0411. The molecule has 5 N–H and O–H groups in total. The van der Waals surface area contributed by atoms with Gasteiger partial charge in [0.25, 0.3) is 0 Å². The monoisotopic (exact) mass is 496 g/mol. The van der Waals surface area contributed by atoms with E-state index >= 15 is 0 Å². The maximum Gasteiger partial charge on any atom is 0.319 e. The van der Waals surface area contributed by atoms with Crippen molar-refractivity contribution in [3.63, 3.8) is 0 Å². The molecule has 3 heterocycles. The number of nitrogens with zero attached hydrogens (tertiary/aromatic N) is 5. The number of carbonyl (C=O) groups excluding carboxylic acids is 1. The average Bonchev–Trinajstić information content (AvgIpc) is 3.42. The standard InChI is InChI=1S/C25H36N8O3/c1-24(2,3)17-6-8-18(9-7-17)31-23(34)27-10-5-11-32(4)13-19-12-25(35,14-36-19)33-16-30-20-21(26)28-15-29-22(20)33/h6-9,15-16,19,35H,5,10-14H2,1-4H3,(H2,26,28,29)(H2,27,31,34). The predicted octanol–water partition coefficient (Wildman–Crippen LogP) is 2.28. The first-order valence-electron chi connectivity index (χ1n) is 12.2. The van der Waals surface area contributed by atoms with Crippen LogP contribution < -0.4 is 16.4 Å². The number of nitrogen functional groups attached to an aromatic ring is 1. The van der Waals surface area contributed by atoms with Gasteiger partial charge in [0.2, 0.25) is 0 Å². The van der Waals surface area contributed by atoms with Gasteiger partial charge in [0, 0.05) is 25.2 Å². The second kappa shape index (κ2) is 10.4. The molecule has 0 bridgehead atoms. The number of benzene rings is 1. The molecule has 0 spiro atoms. The summed E-state index contributed by atoms with van der Waals surface area (Å²) in [5, 5.41) is 17.0. The molecule has 2 aromatic heterocycles. The summed E-state index contributed by atoms with van der Waals surface area (Å²) in [6, 6.07) is 7.70. The van der Waals surface area contributed by atoms with E-state index in [0.29, 0.717) is 30.7 Å². The van der Waals surface area contributed by atoms with E-state index in [4.69, 9.17) is 10.5 Å². The summed E-state index contributed by atoms with van der Waals surface area (Å²) >= 11 is 0. The molecule has 0 saturated carbocycles. The van der Waals surface area contributed by atoms with Crippen molar-refractivity contribution >= 4 is 28.7 Å². The Morgan fingerprint density at radius 1 is 1.28 bits per heavy atom. The number of fused-ring (bicyclic) bond motifs is 1. The number of nitrogens with one attached hydrogen (secondary N) is 2. The lowest BCUT2D eigenvalue weighted by Crippen LogP contribution is -2.36. The van der Waals surface area contributed by atoms with Gasteiger partial charge in [-0.15, -0.1) is 0 Å². The van der Waals surface area contributed by atoms with Crippen molar-refractivity contribution in [1.29, 1.82) is 0 Å². The first kappa shape index (κ1) is 25.8. The van der Waals surface area contributed by atoms with Crippen molar-refractivity contribution in [3.8, 4) is 0 Å². The van der Waals surface area contributed by atoms with Crippen LogP contribution in [0, 0.1) is 0 Å². The van der Waals surface area contributed by atoms with Gasteiger partial charge in [-0.2, -0.15) is 0 Å².